The highest BCUT2D eigenvalue weighted by atomic mass is 35.5. The van der Waals surface area contributed by atoms with Crippen molar-refractivity contribution in [2.45, 2.75) is 64.6 Å². The Morgan fingerprint density at radius 3 is 1.95 bits per heavy atom. The van der Waals surface area contributed by atoms with Crippen LogP contribution in [-0.4, -0.2) is 62.0 Å². The summed E-state index contributed by atoms with van der Waals surface area (Å²) in [5.74, 6) is -1.93. The number of halogens is 1. The van der Waals surface area contributed by atoms with Crippen LogP contribution in [0.25, 0.3) is 0 Å². The molecule has 210 valence electrons. The maximum atomic E-state index is 12.1. The van der Waals surface area contributed by atoms with Gasteiger partial charge in [-0.25, -0.2) is 0 Å². The monoisotopic (exact) mass is 562 g/mol. The molecule has 1 aliphatic rings. The minimum absolute atomic E-state index is 0.305. The topological polar surface area (TPSA) is 124 Å². The zero-order valence-electron chi connectivity index (χ0n) is 22.3. The van der Waals surface area contributed by atoms with Crippen molar-refractivity contribution in [3.8, 4) is 5.75 Å². The first-order valence-electron chi connectivity index (χ1n) is 12.2. The molecule has 0 spiro atoms. The Balaban J connectivity index is 2.05. The molecule has 10 nitrogen and oxygen atoms in total. The van der Waals surface area contributed by atoms with Crippen molar-refractivity contribution in [2.75, 3.05) is 13.7 Å². The molecule has 1 saturated heterocycles. The predicted molar refractivity (Wildman–Crippen MR) is 138 cm³/mol. The maximum absolute atomic E-state index is 12.1. The van der Waals surface area contributed by atoms with E-state index in [4.69, 9.17) is 40.0 Å². The van der Waals surface area contributed by atoms with E-state index in [1.807, 2.05) is 24.3 Å². The Morgan fingerprint density at radius 1 is 0.795 bits per heavy atom. The fourth-order valence-corrected chi connectivity index (χ4v) is 4.55. The molecule has 0 radical (unpaired) electrons. The highest BCUT2D eigenvalue weighted by Crippen LogP contribution is 2.39. The zero-order chi connectivity index (χ0) is 28.7. The van der Waals surface area contributed by atoms with Crippen LogP contribution in [0.15, 0.2) is 42.5 Å². The quantitative estimate of drug-likeness (QED) is 0.330. The van der Waals surface area contributed by atoms with Gasteiger partial charge in [0.15, 0.2) is 18.3 Å². The van der Waals surface area contributed by atoms with E-state index in [-0.39, 0.29) is 6.61 Å². The number of hydrogen-bond acceptors (Lipinski definition) is 10. The van der Waals surface area contributed by atoms with Gasteiger partial charge in [0, 0.05) is 32.7 Å². The van der Waals surface area contributed by atoms with Gasteiger partial charge < -0.3 is 28.4 Å². The summed E-state index contributed by atoms with van der Waals surface area (Å²) in [6.07, 6.45) is -5.23. The number of carbonyl (C=O) groups is 4. The summed E-state index contributed by atoms with van der Waals surface area (Å²) in [4.78, 5) is 47.7. The third-order valence-electron chi connectivity index (χ3n) is 5.94. The van der Waals surface area contributed by atoms with Crippen molar-refractivity contribution in [2.24, 2.45) is 0 Å². The van der Waals surface area contributed by atoms with E-state index in [0.29, 0.717) is 17.0 Å². The number of benzene rings is 2. The molecule has 3 rings (SSSR count). The Hall–Kier alpha value is -3.63. The van der Waals surface area contributed by atoms with Crippen LogP contribution in [0.3, 0.4) is 0 Å². The van der Waals surface area contributed by atoms with Crippen LogP contribution in [0.5, 0.6) is 5.75 Å². The number of ether oxygens (including phenoxy) is 6. The second-order valence-corrected chi connectivity index (χ2v) is 9.40. The summed E-state index contributed by atoms with van der Waals surface area (Å²) in [5.41, 5.74) is 2.28. The Labute approximate surface area is 231 Å². The van der Waals surface area contributed by atoms with Crippen molar-refractivity contribution in [1.29, 1.82) is 0 Å². The van der Waals surface area contributed by atoms with Crippen LogP contribution >= 0.6 is 11.6 Å². The van der Waals surface area contributed by atoms with Gasteiger partial charge in [0.1, 0.15) is 24.6 Å². The summed E-state index contributed by atoms with van der Waals surface area (Å²) in [6, 6.07) is 12.7. The van der Waals surface area contributed by atoms with Gasteiger partial charge in [-0.15, -0.1) is 0 Å². The van der Waals surface area contributed by atoms with Crippen LogP contribution in [0.2, 0.25) is 5.02 Å². The maximum Gasteiger partial charge on any atom is 0.303 e. The molecule has 1 heterocycles. The normalized spacial score (nSPS) is 22.4. The highest BCUT2D eigenvalue weighted by molar-refractivity contribution is 6.31. The van der Waals surface area contributed by atoms with Crippen LogP contribution in [-0.2, 0) is 49.3 Å². The molecule has 39 heavy (non-hydrogen) atoms. The number of methoxy groups -OCH3 is 1. The fourth-order valence-electron chi connectivity index (χ4n) is 4.37. The molecule has 2 aromatic rings. The van der Waals surface area contributed by atoms with Gasteiger partial charge in [-0.05, 0) is 41.3 Å². The first-order valence-corrected chi connectivity index (χ1v) is 12.6. The molecule has 0 aromatic heterocycles. The third kappa shape index (κ3) is 8.18. The lowest BCUT2D eigenvalue weighted by atomic mass is 9.89. The van der Waals surface area contributed by atoms with Crippen molar-refractivity contribution in [3.63, 3.8) is 0 Å². The second kappa shape index (κ2) is 13.4. The van der Waals surface area contributed by atoms with Crippen molar-refractivity contribution in [3.05, 3.63) is 64.2 Å². The molecule has 11 heteroatoms. The van der Waals surface area contributed by atoms with Gasteiger partial charge >= 0.3 is 23.9 Å². The van der Waals surface area contributed by atoms with Crippen molar-refractivity contribution >= 4 is 35.5 Å². The Kier molecular flexibility index (Phi) is 10.3. The molecule has 0 aliphatic carbocycles. The smallest absolute Gasteiger partial charge is 0.303 e. The van der Waals surface area contributed by atoms with Gasteiger partial charge in [0.2, 0.25) is 0 Å². The molecule has 1 fully saturated rings. The van der Waals surface area contributed by atoms with Crippen LogP contribution in [0, 0.1) is 0 Å². The Morgan fingerprint density at radius 2 is 1.38 bits per heavy atom. The summed E-state index contributed by atoms with van der Waals surface area (Å²) < 4.78 is 33.2. The molecule has 0 amide bonds. The lowest BCUT2D eigenvalue weighted by Crippen LogP contribution is -2.59. The molecular formula is C28H31ClO10. The van der Waals surface area contributed by atoms with Gasteiger partial charge in [-0.1, -0.05) is 35.9 Å². The second-order valence-electron chi connectivity index (χ2n) is 9.00. The predicted octanol–water partition coefficient (Wildman–Crippen LogP) is 3.74. The largest absolute Gasteiger partial charge is 0.497 e. The van der Waals surface area contributed by atoms with Gasteiger partial charge in [0.25, 0.3) is 0 Å². The number of carbonyl (C=O) groups excluding carboxylic acids is 4. The van der Waals surface area contributed by atoms with E-state index in [2.05, 4.69) is 0 Å². The van der Waals surface area contributed by atoms with Crippen LogP contribution < -0.4 is 4.74 Å². The van der Waals surface area contributed by atoms with Gasteiger partial charge in [-0.3, -0.25) is 19.2 Å². The van der Waals surface area contributed by atoms with Crippen LogP contribution in [0.4, 0.5) is 0 Å². The minimum Gasteiger partial charge on any atom is -0.497 e. The van der Waals surface area contributed by atoms with Gasteiger partial charge in [-0.2, -0.15) is 0 Å². The first-order chi connectivity index (χ1) is 18.5. The average Bonchev–Trinajstić information content (AvgIpc) is 2.86. The molecule has 5 atom stereocenters. The number of hydrogen-bond donors (Lipinski definition) is 0. The van der Waals surface area contributed by atoms with Gasteiger partial charge in [0.05, 0.1) is 7.11 Å². The SMILES string of the molecule is COc1ccc(Cc2cc([C@@H]3O[C@H](COC(C)=O)[C@@H](OC(C)=O)[C@H](OC(C)=O)[C@H]3OC(C)=O)ccc2Cl)cc1. The third-order valence-corrected chi connectivity index (χ3v) is 6.31. The molecule has 2 aromatic carbocycles. The molecule has 1 aliphatic heterocycles. The first kappa shape index (κ1) is 29.9. The van der Waals surface area contributed by atoms with E-state index in [1.54, 1.807) is 25.3 Å². The summed E-state index contributed by atoms with van der Waals surface area (Å²) in [7, 11) is 1.59. The number of esters is 4. The van der Waals surface area contributed by atoms with E-state index in [1.165, 1.54) is 27.7 Å². The fraction of sp³-hybridized carbons (Fsp3) is 0.429. The highest BCUT2D eigenvalue weighted by Gasteiger charge is 2.52. The molecule has 0 saturated carbocycles. The molecule has 0 unspecified atom stereocenters. The molecule has 0 N–H and O–H groups in total. The molecule has 0 bridgehead atoms. The van der Waals surface area contributed by atoms with Crippen molar-refractivity contribution < 1.29 is 47.6 Å². The Bertz CT molecular complexity index is 1200. The van der Waals surface area contributed by atoms with E-state index in [9.17, 15) is 19.2 Å². The minimum atomic E-state index is -1.25. The van der Waals surface area contributed by atoms with E-state index in [0.717, 1.165) is 16.9 Å². The lowest BCUT2D eigenvalue weighted by molar-refractivity contribution is -0.254. The summed E-state index contributed by atoms with van der Waals surface area (Å²) in [6.45, 7) is 4.46. The molecular weight excluding hydrogens is 532 g/mol. The lowest BCUT2D eigenvalue weighted by Gasteiger charge is -2.44. The number of rotatable bonds is 9. The average molecular weight is 563 g/mol. The zero-order valence-corrected chi connectivity index (χ0v) is 23.1. The van der Waals surface area contributed by atoms with E-state index < -0.39 is 54.4 Å². The van der Waals surface area contributed by atoms with Crippen LogP contribution in [0.1, 0.15) is 50.5 Å². The van der Waals surface area contributed by atoms with Crippen molar-refractivity contribution in [1.82, 2.24) is 0 Å². The summed E-state index contributed by atoms with van der Waals surface area (Å²) >= 11 is 6.52. The standard InChI is InChI=1S/C28H31ClO10/c1-15(30)35-14-24-26(36-16(2)31)28(38-18(4)33)27(37-17(3)32)25(39-24)20-8-11-23(29)21(13-20)12-19-6-9-22(34-5)10-7-19/h6-11,13,24-28H,12,14H2,1-5H3/t24-,25+,26-,27+,28+/m1/s1. The summed E-state index contributed by atoms with van der Waals surface area (Å²) in [5, 5.41) is 0.500. The van der Waals surface area contributed by atoms with E-state index >= 15 is 0 Å².